The summed E-state index contributed by atoms with van der Waals surface area (Å²) in [6.45, 7) is 0. The van der Waals surface area contributed by atoms with Crippen LogP contribution in [0.2, 0.25) is 0 Å². The van der Waals surface area contributed by atoms with Crippen LogP contribution < -0.4 is 0 Å². The van der Waals surface area contributed by atoms with E-state index in [1.807, 2.05) is 0 Å². The molecule has 0 unspecified atom stereocenters. The Morgan fingerprint density at radius 2 is 2.25 bits per heavy atom. The fraction of sp³-hybridized carbons (Fsp3) is 0. The lowest BCUT2D eigenvalue weighted by molar-refractivity contribution is 0.0687. The van der Waals surface area contributed by atoms with Crippen LogP contribution >= 0.6 is 0 Å². The molecule has 0 spiro atoms. The highest BCUT2D eigenvalue weighted by Gasteiger charge is 1.99. The number of rotatable bonds is 1. The van der Waals surface area contributed by atoms with E-state index < -0.39 is 5.97 Å². The van der Waals surface area contributed by atoms with Gasteiger partial charge in [-0.25, -0.2) is 4.79 Å². The molecule has 5 heteroatoms. The third kappa shape index (κ3) is 2.37. The molecule has 0 bridgehead atoms. The molecule has 1 aromatic heterocycles. The van der Waals surface area contributed by atoms with Crippen LogP contribution in [0.3, 0.4) is 0 Å². The quantitative estimate of drug-likeness (QED) is 0.670. The Labute approximate surface area is 67.9 Å². The Balaban J connectivity index is 3.19. The van der Waals surface area contributed by atoms with Crippen LogP contribution in [0.1, 0.15) is 10.5 Å². The maximum atomic E-state index is 10.4. The summed E-state index contributed by atoms with van der Waals surface area (Å²) in [5, 5.41) is 15.0. The summed E-state index contributed by atoms with van der Waals surface area (Å²) >= 11 is 0. The molecule has 1 heterocycles. The average molecular weight is 166 g/mol. The van der Waals surface area contributed by atoms with E-state index >= 15 is 0 Å². The normalized spacial score (nSPS) is 8.67. The second kappa shape index (κ2) is 4.07. The van der Waals surface area contributed by atoms with E-state index in [2.05, 4.69) is 14.9 Å². The minimum atomic E-state index is -1.14. The molecule has 5 nitrogen and oxygen atoms in total. The van der Waals surface area contributed by atoms with Gasteiger partial charge < -0.3 is 9.63 Å². The Bertz CT molecular complexity index is 296. The summed E-state index contributed by atoms with van der Waals surface area (Å²) in [4.78, 5) is 10.4. The minimum Gasteiger partial charge on any atom is -0.476 e. The molecule has 0 amide bonds. The summed E-state index contributed by atoms with van der Waals surface area (Å²) in [6.07, 6.45) is 1.29. The monoisotopic (exact) mass is 166 g/mol. The van der Waals surface area contributed by atoms with Gasteiger partial charge in [-0.2, -0.15) is 0 Å². The van der Waals surface area contributed by atoms with E-state index in [4.69, 9.17) is 5.11 Å². The zero-order chi connectivity index (χ0) is 8.81. The lowest BCUT2D eigenvalue weighted by atomic mass is 10.4. The van der Waals surface area contributed by atoms with Crippen molar-refractivity contribution in [2.75, 3.05) is 0 Å². The number of carboxylic acids is 1. The highest BCUT2D eigenvalue weighted by Crippen LogP contribution is 1.87. The third-order valence-electron chi connectivity index (χ3n) is 1.03. The van der Waals surface area contributed by atoms with Gasteiger partial charge in [0.25, 0.3) is 0 Å². The van der Waals surface area contributed by atoms with Gasteiger partial charge in [-0.05, 0) is 12.1 Å². The molecule has 0 radical (unpaired) electrons. The van der Waals surface area contributed by atoms with Crippen LogP contribution in [0.15, 0.2) is 35.1 Å². The van der Waals surface area contributed by atoms with Crippen molar-refractivity contribution in [2.24, 2.45) is 0 Å². The number of aromatic carboxylic acids is 1. The molecule has 0 aliphatic rings. The van der Waals surface area contributed by atoms with Crippen molar-refractivity contribution < 1.29 is 14.4 Å². The predicted octanol–water partition coefficient (Wildman–Crippen LogP) is 0.892. The lowest BCUT2D eigenvalue weighted by Gasteiger charge is -1.81. The van der Waals surface area contributed by atoms with Crippen molar-refractivity contribution in [3.8, 4) is 0 Å². The minimum absolute atomic E-state index is 0.171. The second-order valence-electron chi connectivity index (χ2n) is 1.86. The Hall–Kier alpha value is -1.91. The topological polar surface area (TPSA) is 76.2 Å². The number of carbonyl (C=O) groups is 1. The molecule has 0 aliphatic heterocycles. The Kier molecular flexibility index (Phi) is 2.78. The Morgan fingerprint density at radius 3 is 3.00 bits per heavy atom. The van der Waals surface area contributed by atoms with Crippen LogP contribution in [0.4, 0.5) is 0 Å². The molecule has 1 N–H and O–H groups in total. The summed E-state index contributed by atoms with van der Waals surface area (Å²) in [6, 6.07) is 6.04. The molecule has 12 heavy (non-hydrogen) atoms. The molecule has 0 atom stereocenters. The van der Waals surface area contributed by atoms with Crippen molar-refractivity contribution in [3.05, 3.63) is 36.2 Å². The highest BCUT2D eigenvalue weighted by molar-refractivity contribution is 5.84. The molecule has 0 saturated heterocycles. The van der Waals surface area contributed by atoms with E-state index in [0.717, 1.165) is 0 Å². The first kappa shape index (κ1) is 8.19. The number of carboxylic acid groups (broad SMARTS) is 1. The maximum Gasteiger partial charge on any atom is 0.356 e. The van der Waals surface area contributed by atoms with Crippen molar-refractivity contribution >= 4 is 5.97 Å². The van der Waals surface area contributed by atoms with Crippen LogP contribution in [0.25, 0.3) is 0 Å². The van der Waals surface area contributed by atoms with Crippen molar-refractivity contribution in [1.82, 2.24) is 10.4 Å². The molecule has 1 aromatic rings. The van der Waals surface area contributed by atoms with Gasteiger partial charge in [-0.1, -0.05) is 12.1 Å². The fourth-order valence-electron chi connectivity index (χ4n) is 0.534. The highest BCUT2D eigenvalue weighted by atomic mass is 16.5. The largest absolute Gasteiger partial charge is 0.476 e. The first-order valence-corrected chi connectivity index (χ1v) is 3.14. The summed E-state index contributed by atoms with van der Waals surface area (Å²) in [7, 11) is 0. The van der Waals surface area contributed by atoms with Crippen molar-refractivity contribution in [3.63, 3.8) is 0 Å². The van der Waals surface area contributed by atoms with Crippen molar-refractivity contribution in [2.45, 2.75) is 0 Å². The maximum absolute atomic E-state index is 10.4. The van der Waals surface area contributed by atoms with Crippen LogP contribution in [0.5, 0.6) is 0 Å². The number of hydrogen-bond donors (Lipinski definition) is 1. The molecule has 0 aliphatic carbocycles. The molecule has 0 saturated carbocycles. The van der Waals surface area contributed by atoms with Crippen LogP contribution in [0, 0.1) is 0 Å². The van der Waals surface area contributed by atoms with Gasteiger partial charge in [0.15, 0.2) is 5.69 Å². The average Bonchev–Trinajstić information content (AvgIpc) is 2.15. The van der Waals surface area contributed by atoms with E-state index in [0.29, 0.717) is 0 Å². The number of nitrogens with zero attached hydrogens (tertiary/aromatic N) is 2. The van der Waals surface area contributed by atoms with Gasteiger partial charge in [0.2, 0.25) is 0 Å². The van der Waals surface area contributed by atoms with Gasteiger partial charge in [0.05, 0.1) is 0 Å². The predicted molar refractivity (Wildman–Crippen MR) is 38.9 cm³/mol. The van der Waals surface area contributed by atoms with Crippen molar-refractivity contribution in [1.29, 1.82) is 0 Å². The molecular weight excluding hydrogens is 160 g/mol. The lowest BCUT2D eigenvalue weighted by Crippen LogP contribution is -1.98. The second-order valence-corrected chi connectivity index (χ2v) is 1.86. The van der Waals surface area contributed by atoms with Gasteiger partial charge >= 0.3 is 5.97 Å². The van der Waals surface area contributed by atoms with Gasteiger partial charge in [-0.3, -0.25) is 0 Å². The van der Waals surface area contributed by atoms with Crippen LogP contribution in [-0.4, -0.2) is 21.4 Å². The standard InChI is InChI=1S/C7H6N2O3/c10-7(11)6-4-2-1-3-5-12-9-8-6/h1-5H,(H,10,11). The van der Waals surface area contributed by atoms with E-state index in [1.54, 1.807) is 12.1 Å². The molecule has 1 rings (SSSR count). The molecular formula is C7H6N2O3. The molecule has 62 valence electrons. The van der Waals surface area contributed by atoms with Gasteiger partial charge in [-0.15, -0.1) is 5.10 Å². The number of aromatic nitrogens is 2. The number of hydrogen-bond acceptors (Lipinski definition) is 4. The fourth-order valence-corrected chi connectivity index (χ4v) is 0.534. The summed E-state index contributed by atoms with van der Waals surface area (Å²) in [5.41, 5.74) is -0.171. The third-order valence-corrected chi connectivity index (χ3v) is 1.03. The van der Waals surface area contributed by atoms with Crippen LogP contribution in [-0.2, 0) is 0 Å². The van der Waals surface area contributed by atoms with Gasteiger partial charge in [0, 0.05) is 5.27 Å². The SMILES string of the molecule is O=C(O)c1ccccconn1. The zero-order valence-corrected chi connectivity index (χ0v) is 6.04. The first-order valence-electron chi connectivity index (χ1n) is 3.14. The van der Waals surface area contributed by atoms with E-state index in [9.17, 15) is 4.79 Å². The summed E-state index contributed by atoms with van der Waals surface area (Å²) < 4.78 is 4.46. The zero-order valence-electron chi connectivity index (χ0n) is 6.04. The molecule has 0 fully saturated rings. The van der Waals surface area contributed by atoms with E-state index in [1.165, 1.54) is 18.4 Å². The first-order chi connectivity index (χ1) is 5.80. The summed E-state index contributed by atoms with van der Waals surface area (Å²) in [5.74, 6) is -1.14. The van der Waals surface area contributed by atoms with Gasteiger partial charge in [0.1, 0.15) is 6.26 Å². The molecule has 0 aromatic carbocycles. The van der Waals surface area contributed by atoms with E-state index in [-0.39, 0.29) is 5.69 Å². The smallest absolute Gasteiger partial charge is 0.356 e. The Morgan fingerprint density at radius 1 is 1.42 bits per heavy atom.